The van der Waals surface area contributed by atoms with Gasteiger partial charge in [-0.15, -0.1) is 0 Å². The van der Waals surface area contributed by atoms with E-state index in [0.717, 1.165) is 6.07 Å². The molecule has 3 aromatic rings. The maximum atomic E-state index is 14.7. The molecule has 1 N–H and O–H groups in total. The Balaban J connectivity index is 1.39. The summed E-state index contributed by atoms with van der Waals surface area (Å²) in [5.74, 6) is -5.55. The smallest absolute Gasteiger partial charge is 0.341 e. The maximum absolute atomic E-state index is 14.7. The Labute approximate surface area is 206 Å². The third-order valence-electron chi connectivity index (χ3n) is 6.52. The number of hydrogen-bond donors (Lipinski definition) is 1. The van der Waals surface area contributed by atoms with E-state index in [2.05, 4.69) is 0 Å². The molecule has 0 aromatic heterocycles. The van der Waals surface area contributed by atoms with Gasteiger partial charge in [0.1, 0.15) is 11.9 Å². The summed E-state index contributed by atoms with van der Waals surface area (Å²) in [4.78, 5) is 12.6. The fraction of sp³-hybridized carbons (Fsp3) is 0.321. The number of hydrogen-bond acceptors (Lipinski definition) is 4. The quantitative estimate of drug-likeness (QED) is 0.278. The second-order valence-corrected chi connectivity index (χ2v) is 8.79. The molecule has 4 nitrogen and oxygen atoms in total. The molecule has 3 aromatic carbocycles. The summed E-state index contributed by atoms with van der Waals surface area (Å²) < 4.78 is 69.0. The number of rotatable bonds is 7. The molecule has 0 amide bonds. The fourth-order valence-corrected chi connectivity index (χ4v) is 4.52. The van der Waals surface area contributed by atoms with Crippen LogP contribution in [0, 0.1) is 23.3 Å². The Kier molecular flexibility index (Phi) is 7.94. The Bertz CT molecular complexity index is 1240. The lowest BCUT2D eigenvalue weighted by atomic mass is 9.82. The molecule has 0 bridgehead atoms. The number of halogens is 4. The molecule has 0 aliphatic heterocycles. The number of ether oxygens (including phenoxy) is 2. The first-order valence-electron chi connectivity index (χ1n) is 11.8. The highest BCUT2D eigenvalue weighted by Crippen LogP contribution is 2.37. The van der Waals surface area contributed by atoms with E-state index in [0.29, 0.717) is 37.9 Å². The highest BCUT2D eigenvalue weighted by Gasteiger charge is 2.29. The number of carbonyl (C=O) groups is 1. The third kappa shape index (κ3) is 5.38. The highest BCUT2D eigenvalue weighted by molar-refractivity contribution is 5.90. The second-order valence-electron chi connectivity index (χ2n) is 8.79. The van der Waals surface area contributed by atoms with E-state index in [1.54, 1.807) is 13.0 Å². The Morgan fingerprint density at radius 3 is 2.22 bits per heavy atom. The molecule has 4 rings (SSSR count). The summed E-state index contributed by atoms with van der Waals surface area (Å²) in [5.41, 5.74) is 0.208. The summed E-state index contributed by atoms with van der Waals surface area (Å²) >= 11 is 0. The summed E-state index contributed by atoms with van der Waals surface area (Å²) in [6, 6.07) is 11.1. The van der Waals surface area contributed by atoms with Crippen LogP contribution in [0.2, 0.25) is 0 Å². The zero-order valence-corrected chi connectivity index (χ0v) is 19.7. The van der Waals surface area contributed by atoms with E-state index < -0.39 is 40.9 Å². The lowest BCUT2D eigenvalue weighted by Crippen LogP contribution is -2.25. The fourth-order valence-electron chi connectivity index (χ4n) is 4.52. The number of carbonyl (C=O) groups excluding carboxylic acids is 1. The molecule has 1 fully saturated rings. The summed E-state index contributed by atoms with van der Waals surface area (Å²) in [7, 11) is 0. The van der Waals surface area contributed by atoms with Gasteiger partial charge in [0.15, 0.2) is 23.3 Å². The molecular formula is C28H26F4O4. The average Bonchev–Trinajstić information content (AvgIpc) is 2.88. The molecule has 190 valence electrons. The van der Waals surface area contributed by atoms with Gasteiger partial charge < -0.3 is 14.6 Å². The highest BCUT2D eigenvalue weighted by atomic mass is 19.2. The van der Waals surface area contributed by atoms with Crippen LogP contribution in [0.15, 0.2) is 48.5 Å². The van der Waals surface area contributed by atoms with Gasteiger partial charge in [-0.2, -0.15) is 0 Å². The van der Waals surface area contributed by atoms with Crippen LogP contribution in [0.25, 0.3) is 11.1 Å². The zero-order valence-electron chi connectivity index (χ0n) is 19.7. The molecule has 36 heavy (non-hydrogen) atoms. The normalized spacial score (nSPS) is 17.7. The largest absolute Gasteiger partial charge is 0.508 e. The third-order valence-corrected chi connectivity index (χ3v) is 6.52. The van der Waals surface area contributed by atoms with Crippen molar-refractivity contribution in [3.8, 4) is 16.9 Å². The number of esters is 1. The van der Waals surface area contributed by atoms with Gasteiger partial charge >= 0.3 is 5.97 Å². The van der Waals surface area contributed by atoms with Crippen LogP contribution in [0.5, 0.6) is 5.75 Å². The van der Waals surface area contributed by atoms with E-state index in [9.17, 15) is 27.5 Å². The Morgan fingerprint density at radius 2 is 1.56 bits per heavy atom. The van der Waals surface area contributed by atoms with Gasteiger partial charge in [-0.3, -0.25) is 0 Å². The number of phenolic OH excluding ortho intramolecular Hbond substituents is 1. The van der Waals surface area contributed by atoms with Crippen molar-refractivity contribution in [1.82, 2.24) is 0 Å². The van der Waals surface area contributed by atoms with Gasteiger partial charge in [0.25, 0.3) is 0 Å². The Morgan fingerprint density at radius 1 is 0.861 bits per heavy atom. The van der Waals surface area contributed by atoms with E-state index >= 15 is 0 Å². The topological polar surface area (TPSA) is 55.8 Å². The van der Waals surface area contributed by atoms with Crippen molar-refractivity contribution in [3.63, 3.8) is 0 Å². The summed E-state index contributed by atoms with van der Waals surface area (Å²) in [6.45, 7) is 2.16. The maximum Gasteiger partial charge on any atom is 0.341 e. The molecule has 0 saturated heterocycles. The minimum absolute atomic E-state index is 0.00466. The monoisotopic (exact) mass is 502 g/mol. The molecule has 0 spiro atoms. The zero-order chi connectivity index (χ0) is 25.8. The van der Waals surface area contributed by atoms with E-state index in [1.165, 1.54) is 36.4 Å². The van der Waals surface area contributed by atoms with Crippen LogP contribution >= 0.6 is 0 Å². The molecule has 0 atom stereocenters. The Hall–Kier alpha value is -3.39. The summed E-state index contributed by atoms with van der Waals surface area (Å²) in [6.07, 6.45) is 1.13. The summed E-state index contributed by atoms with van der Waals surface area (Å²) in [5, 5.41) is 9.38. The first-order chi connectivity index (χ1) is 17.3. The van der Waals surface area contributed by atoms with Crippen LogP contribution in [0.4, 0.5) is 17.6 Å². The number of aromatic hydroxyl groups is 1. The van der Waals surface area contributed by atoms with Crippen molar-refractivity contribution in [1.29, 1.82) is 0 Å². The van der Waals surface area contributed by atoms with Crippen molar-refractivity contribution in [2.45, 2.75) is 51.2 Å². The van der Waals surface area contributed by atoms with Gasteiger partial charge in [0.05, 0.1) is 12.2 Å². The van der Waals surface area contributed by atoms with Gasteiger partial charge in [-0.1, -0.05) is 30.3 Å². The molecule has 0 unspecified atom stereocenters. The lowest BCUT2D eigenvalue weighted by Gasteiger charge is -2.29. The SMILES string of the molecule is CCOCc1ccc(C2CCC(OC(=O)c3ccc(-c4ccc(O)cc4)c(F)c3F)CC2)c(F)c1F. The standard InChI is InChI=1S/C28H26F4O4/c1-2-35-15-18-7-12-21(25(30)24(18)29)17-5-10-20(11-6-17)36-28(34)23-14-13-22(26(31)27(23)32)16-3-8-19(33)9-4-16/h3-4,7-9,12-14,17,20,33H,2,5-6,10-11,15H2,1H3. The molecular weight excluding hydrogens is 476 g/mol. The van der Waals surface area contributed by atoms with Crippen molar-refractivity contribution in [3.05, 3.63) is 88.5 Å². The minimum atomic E-state index is -1.32. The van der Waals surface area contributed by atoms with Crippen molar-refractivity contribution >= 4 is 5.97 Å². The second kappa shape index (κ2) is 11.1. The van der Waals surface area contributed by atoms with Crippen molar-refractivity contribution in [2.24, 2.45) is 0 Å². The lowest BCUT2D eigenvalue weighted by molar-refractivity contribution is 0.0188. The molecule has 1 aliphatic carbocycles. The first-order valence-corrected chi connectivity index (χ1v) is 11.8. The molecule has 1 saturated carbocycles. The van der Waals surface area contributed by atoms with Gasteiger partial charge in [-0.25, -0.2) is 22.4 Å². The van der Waals surface area contributed by atoms with Crippen molar-refractivity contribution < 1.29 is 36.9 Å². The predicted octanol–water partition coefficient (Wildman–Crippen LogP) is 7.04. The molecule has 0 heterocycles. The van der Waals surface area contributed by atoms with Gasteiger partial charge in [0.2, 0.25) is 0 Å². The van der Waals surface area contributed by atoms with Gasteiger partial charge in [0, 0.05) is 17.7 Å². The van der Waals surface area contributed by atoms with Crippen LogP contribution in [-0.2, 0) is 16.1 Å². The van der Waals surface area contributed by atoms with Gasteiger partial charge in [-0.05, 0) is 67.9 Å². The van der Waals surface area contributed by atoms with E-state index in [1.807, 2.05) is 0 Å². The first kappa shape index (κ1) is 25.7. The van der Waals surface area contributed by atoms with Crippen LogP contribution in [0.1, 0.15) is 60.0 Å². The molecule has 1 aliphatic rings. The van der Waals surface area contributed by atoms with Crippen LogP contribution in [-0.4, -0.2) is 23.8 Å². The van der Waals surface area contributed by atoms with Crippen LogP contribution < -0.4 is 0 Å². The van der Waals surface area contributed by atoms with E-state index in [-0.39, 0.29) is 35.0 Å². The van der Waals surface area contributed by atoms with Crippen LogP contribution in [0.3, 0.4) is 0 Å². The number of benzene rings is 3. The minimum Gasteiger partial charge on any atom is -0.508 e. The van der Waals surface area contributed by atoms with Crippen molar-refractivity contribution in [2.75, 3.05) is 6.61 Å². The average molecular weight is 503 g/mol. The molecule has 8 heteroatoms. The van der Waals surface area contributed by atoms with E-state index in [4.69, 9.17) is 9.47 Å². The number of phenols is 1. The molecule has 0 radical (unpaired) electrons. The predicted molar refractivity (Wildman–Crippen MR) is 126 cm³/mol.